The molecule has 0 amide bonds. The number of carbonyl (C=O) groups excluding carboxylic acids is 2. The number of ether oxygens (including phenoxy) is 1. The maximum absolute atomic E-state index is 11.1. The third-order valence-corrected chi connectivity index (χ3v) is 1.80. The highest BCUT2D eigenvalue weighted by Gasteiger charge is 2.41. The van der Waals surface area contributed by atoms with Crippen LogP contribution in [0, 0.1) is 0 Å². The summed E-state index contributed by atoms with van der Waals surface area (Å²) in [7, 11) is 0. The molecule has 0 aliphatic rings. The van der Waals surface area contributed by atoms with Crippen LogP contribution in [0.25, 0.3) is 0 Å². The number of carbonyl (C=O) groups is 5. The maximum atomic E-state index is 11.1. The van der Waals surface area contributed by atoms with Gasteiger partial charge in [0.05, 0.1) is 12.8 Å². The summed E-state index contributed by atoms with van der Waals surface area (Å²) in [6.45, 7) is 0. The minimum atomic E-state index is -2.94. The zero-order chi connectivity index (χ0) is 15.2. The van der Waals surface area contributed by atoms with Crippen LogP contribution in [0.3, 0.4) is 0 Å². The summed E-state index contributed by atoms with van der Waals surface area (Å²) in [4.78, 5) is 53.0. The molecule has 0 aromatic heterocycles. The van der Waals surface area contributed by atoms with Gasteiger partial charge >= 0.3 is 29.8 Å². The summed E-state index contributed by atoms with van der Waals surface area (Å²) in [6, 6.07) is 0. The molecule has 10 nitrogen and oxygen atoms in total. The highest BCUT2D eigenvalue weighted by Crippen LogP contribution is 2.17. The van der Waals surface area contributed by atoms with E-state index in [0.717, 1.165) is 0 Å². The predicted octanol–water partition coefficient (Wildman–Crippen LogP) is -1.79. The number of aliphatic hydroxyl groups is 1. The molecule has 0 spiro atoms. The first-order valence-corrected chi connectivity index (χ1v) is 4.69. The number of hydrogen-bond donors (Lipinski definition) is 4. The lowest BCUT2D eigenvalue weighted by atomic mass is 9.96. The maximum Gasteiger partial charge on any atom is 0.336 e. The average Bonchev–Trinajstić information content (AvgIpc) is 2.12. The number of hydrogen-bond acceptors (Lipinski definition) is 7. The Balaban J connectivity index is 4.65. The van der Waals surface area contributed by atoms with E-state index < -0.39 is 54.7 Å². The summed E-state index contributed by atoms with van der Waals surface area (Å²) in [5.41, 5.74) is -2.94. The van der Waals surface area contributed by atoms with E-state index >= 15 is 0 Å². The van der Waals surface area contributed by atoms with Gasteiger partial charge in [0.1, 0.15) is 6.42 Å². The first-order valence-electron chi connectivity index (χ1n) is 4.69. The van der Waals surface area contributed by atoms with Crippen molar-refractivity contribution in [3.63, 3.8) is 0 Å². The molecule has 0 aliphatic heterocycles. The van der Waals surface area contributed by atoms with Gasteiger partial charge in [-0.25, -0.2) is 4.79 Å². The Bertz CT molecular complexity index is 425. The molecular weight excluding hydrogens is 268 g/mol. The van der Waals surface area contributed by atoms with Gasteiger partial charge in [-0.05, 0) is 0 Å². The molecule has 0 radical (unpaired) electrons. The summed E-state index contributed by atoms with van der Waals surface area (Å²) >= 11 is 0. The Kier molecular flexibility index (Phi) is 5.60. The first-order chi connectivity index (χ1) is 8.56. The van der Waals surface area contributed by atoms with E-state index in [9.17, 15) is 29.1 Å². The normalized spacial score (nSPS) is 13.1. The van der Waals surface area contributed by atoms with E-state index in [0.29, 0.717) is 0 Å². The van der Waals surface area contributed by atoms with Crippen molar-refractivity contribution in [3.05, 3.63) is 0 Å². The van der Waals surface area contributed by atoms with Crippen molar-refractivity contribution in [2.24, 2.45) is 0 Å². The van der Waals surface area contributed by atoms with Crippen LogP contribution in [0.5, 0.6) is 0 Å². The van der Waals surface area contributed by atoms with Crippen molar-refractivity contribution in [3.8, 4) is 0 Å². The summed E-state index contributed by atoms with van der Waals surface area (Å²) in [5, 5.41) is 34.6. The average molecular weight is 278 g/mol. The van der Waals surface area contributed by atoms with Gasteiger partial charge in [-0.15, -0.1) is 0 Å². The van der Waals surface area contributed by atoms with Gasteiger partial charge in [0.25, 0.3) is 0 Å². The molecule has 1 atom stereocenters. The molecule has 0 saturated carbocycles. The highest BCUT2D eigenvalue weighted by molar-refractivity contribution is 5.97. The molecule has 1 unspecified atom stereocenters. The Morgan fingerprint density at radius 2 is 1.37 bits per heavy atom. The highest BCUT2D eigenvalue weighted by atomic mass is 16.6. The zero-order valence-corrected chi connectivity index (χ0v) is 9.36. The fourth-order valence-corrected chi connectivity index (χ4v) is 1.03. The van der Waals surface area contributed by atoms with E-state index in [1.807, 2.05) is 0 Å². The molecule has 0 bridgehead atoms. The molecule has 0 aromatic rings. The zero-order valence-electron chi connectivity index (χ0n) is 9.36. The minimum Gasteiger partial charge on any atom is -0.481 e. The van der Waals surface area contributed by atoms with Gasteiger partial charge < -0.3 is 25.2 Å². The van der Waals surface area contributed by atoms with E-state index in [-0.39, 0.29) is 0 Å². The standard InChI is InChI=1S/C9H10O10/c10-4(11)1-6(14)19-7(15)3-9(18,8(16)17)2-5(12)13/h18H,1-3H2,(H,10,11)(H,12,13)(H,16,17). The predicted molar refractivity (Wildman–Crippen MR) is 52.8 cm³/mol. The van der Waals surface area contributed by atoms with Gasteiger partial charge in [-0.1, -0.05) is 0 Å². The Morgan fingerprint density at radius 3 is 1.74 bits per heavy atom. The molecule has 10 heteroatoms. The van der Waals surface area contributed by atoms with E-state index in [1.165, 1.54) is 0 Å². The van der Waals surface area contributed by atoms with Crippen molar-refractivity contribution in [2.45, 2.75) is 24.9 Å². The van der Waals surface area contributed by atoms with Crippen LogP contribution in [-0.4, -0.2) is 55.9 Å². The summed E-state index contributed by atoms with van der Waals surface area (Å²) < 4.78 is 3.91. The minimum absolute atomic E-state index is 1.13. The molecule has 0 saturated heterocycles. The van der Waals surface area contributed by atoms with Crippen molar-refractivity contribution in [1.82, 2.24) is 0 Å². The van der Waals surface area contributed by atoms with Crippen LogP contribution < -0.4 is 0 Å². The van der Waals surface area contributed by atoms with Gasteiger partial charge in [0, 0.05) is 0 Å². The third-order valence-electron chi connectivity index (χ3n) is 1.80. The van der Waals surface area contributed by atoms with Crippen LogP contribution in [0.2, 0.25) is 0 Å². The molecular formula is C9H10O10. The van der Waals surface area contributed by atoms with Crippen molar-refractivity contribution in [1.29, 1.82) is 0 Å². The molecule has 0 rings (SSSR count). The topological polar surface area (TPSA) is 175 Å². The Labute approximate surface area is 105 Å². The fraction of sp³-hybridized carbons (Fsp3) is 0.444. The Morgan fingerprint density at radius 1 is 0.842 bits per heavy atom. The largest absolute Gasteiger partial charge is 0.481 e. The lowest BCUT2D eigenvalue weighted by Crippen LogP contribution is -2.43. The monoisotopic (exact) mass is 278 g/mol. The smallest absolute Gasteiger partial charge is 0.336 e. The summed E-state index contributed by atoms with van der Waals surface area (Å²) in [6.07, 6.45) is -3.72. The number of aliphatic carboxylic acids is 3. The van der Waals surface area contributed by atoms with Gasteiger partial charge in [0.2, 0.25) is 0 Å². The van der Waals surface area contributed by atoms with Crippen LogP contribution in [-0.2, 0) is 28.7 Å². The number of carboxylic acid groups (broad SMARTS) is 3. The van der Waals surface area contributed by atoms with Crippen LogP contribution in [0.1, 0.15) is 19.3 Å². The lowest BCUT2D eigenvalue weighted by molar-refractivity contribution is -0.175. The lowest BCUT2D eigenvalue weighted by Gasteiger charge is -2.19. The second-order valence-electron chi connectivity index (χ2n) is 3.50. The first kappa shape index (κ1) is 16.5. The van der Waals surface area contributed by atoms with E-state index in [2.05, 4.69) is 4.74 Å². The van der Waals surface area contributed by atoms with Gasteiger partial charge in [-0.2, -0.15) is 0 Å². The van der Waals surface area contributed by atoms with E-state index in [4.69, 9.17) is 15.3 Å². The molecule has 0 heterocycles. The molecule has 0 fully saturated rings. The van der Waals surface area contributed by atoms with Crippen molar-refractivity contribution >= 4 is 29.8 Å². The third kappa shape index (κ3) is 6.12. The fourth-order valence-electron chi connectivity index (χ4n) is 1.03. The second kappa shape index (κ2) is 6.44. The second-order valence-corrected chi connectivity index (χ2v) is 3.50. The van der Waals surface area contributed by atoms with Crippen LogP contribution in [0.4, 0.5) is 0 Å². The molecule has 0 aliphatic carbocycles. The van der Waals surface area contributed by atoms with E-state index in [1.54, 1.807) is 0 Å². The van der Waals surface area contributed by atoms with Crippen LogP contribution in [0.15, 0.2) is 0 Å². The van der Waals surface area contributed by atoms with Gasteiger partial charge in [0.15, 0.2) is 5.60 Å². The quantitative estimate of drug-likeness (QED) is 0.307. The van der Waals surface area contributed by atoms with Crippen molar-refractivity contribution in [2.75, 3.05) is 0 Å². The molecule has 4 N–H and O–H groups in total. The number of esters is 2. The molecule has 0 aromatic carbocycles. The van der Waals surface area contributed by atoms with Crippen LogP contribution >= 0.6 is 0 Å². The summed E-state index contributed by atoms with van der Waals surface area (Å²) in [5.74, 6) is -8.25. The SMILES string of the molecule is O=C(O)CC(=O)OC(=O)CC(O)(CC(=O)O)C(=O)O. The van der Waals surface area contributed by atoms with Gasteiger partial charge in [-0.3, -0.25) is 19.2 Å². The molecule has 106 valence electrons. The van der Waals surface area contributed by atoms with Crippen molar-refractivity contribution < 1.29 is 49.1 Å². The molecule has 19 heavy (non-hydrogen) atoms. The number of carboxylic acids is 3. The number of rotatable bonds is 7. The Hall–Kier alpha value is -2.49.